The van der Waals surface area contributed by atoms with Gasteiger partial charge in [0.15, 0.2) is 0 Å². The summed E-state index contributed by atoms with van der Waals surface area (Å²) in [4.78, 5) is 8.81. The van der Waals surface area contributed by atoms with Gasteiger partial charge in [-0.15, -0.1) is 0 Å². The average molecular weight is 251 g/mol. The molecular formula is C12H15ClN4. The molecule has 0 saturated carbocycles. The Kier molecular flexibility index (Phi) is 3.76. The first-order valence-corrected chi connectivity index (χ1v) is 5.89. The molecule has 0 aliphatic rings. The lowest BCUT2D eigenvalue weighted by molar-refractivity contribution is 0.718. The summed E-state index contributed by atoms with van der Waals surface area (Å²) < 4.78 is 1.91. The number of hydrogen-bond acceptors (Lipinski definition) is 3. The van der Waals surface area contributed by atoms with Crippen molar-refractivity contribution in [2.45, 2.75) is 6.42 Å². The van der Waals surface area contributed by atoms with Gasteiger partial charge in [-0.1, -0.05) is 17.7 Å². The fourth-order valence-corrected chi connectivity index (χ4v) is 1.89. The highest BCUT2D eigenvalue weighted by atomic mass is 35.5. The number of rotatable bonds is 4. The van der Waals surface area contributed by atoms with Gasteiger partial charge in [-0.3, -0.25) is 4.98 Å². The van der Waals surface area contributed by atoms with Gasteiger partial charge in [0.25, 0.3) is 0 Å². The van der Waals surface area contributed by atoms with E-state index in [2.05, 4.69) is 15.3 Å². The Balaban J connectivity index is 2.36. The first kappa shape index (κ1) is 12.1. The molecule has 2 aromatic heterocycles. The fourth-order valence-electron chi connectivity index (χ4n) is 1.65. The molecule has 1 N–H and O–H groups in total. The van der Waals surface area contributed by atoms with E-state index in [4.69, 9.17) is 11.6 Å². The summed E-state index contributed by atoms with van der Waals surface area (Å²) in [6.07, 6.45) is 2.59. The summed E-state index contributed by atoms with van der Waals surface area (Å²) in [5.74, 6) is 0.963. The minimum atomic E-state index is 0.634. The molecule has 0 amide bonds. The van der Waals surface area contributed by atoms with Crippen molar-refractivity contribution in [2.24, 2.45) is 7.05 Å². The van der Waals surface area contributed by atoms with Crippen LogP contribution < -0.4 is 5.32 Å². The highest BCUT2D eigenvalue weighted by Crippen LogP contribution is 2.25. The molecule has 5 heteroatoms. The van der Waals surface area contributed by atoms with Crippen molar-refractivity contribution in [3.05, 3.63) is 35.4 Å². The van der Waals surface area contributed by atoms with Crippen LogP contribution in [-0.4, -0.2) is 28.1 Å². The molecule has 2 rings (SSSR count). The van der Waals surface area contributed by atoms with Gasteiger partial charge in [0.05, 0.1) is 5.69 Å². The summed E-state index contributed by atoms with van der Waals surface area (Å²) in [5.41, 5.74) is 1.56. The van der Waals surface area contributed by atoms with Gasteiger partial charge >= 0.3 is 0 Å². The minimum Gasteiger partial charge on any atom is -0.322 e. The Morgan fingerprint density at radius 1 is 1.41 bits per heavy atom. The van der Waals surface area contributed by atoms with Crippen LogP contribution in [0.4, 0.5) is 0 Å². The zero-order valence-electron chi connectivity index (χ0n) is 9.94. The van der Waals surface area contributed by atoms with Crippen LogP contribution in [0.25, 0.3) is 11.4 Å². The highest BCUT2D eigenvalue weighted by Gasteiger charge is 2.14. The van der Waals surface area contributed by atoms with Crippen molar-refractivity contribution >= 4 is 11.6 Å². The first-order chi connectivity index (χ1) is 8.24. The van der Waals surface area contributed by atoms with Gasteiger partial charge in [-0.2, -0.15) is 0 Å². The van der Waals surface area contributed by atoms with Gasteiger partial charge < -0.3 is 9.88 Å². The predicted octanol–water partition coefficient (Wildman–Crippen LogP) is 1.90. The SMILES string of the molecule is CNCCc1nc(-c2ccccn2)c(Cl)n1C. The summed E-state index contributed by atoms with van der Waals surface area (Å²) in [7, 11) is 3.84. The highest BCUT2D eigenvalue weighted by molar-refractivity contribution is 6.32. The van der Waals surface area contributed by atoms with Crippen LogP contribution in [0.15, 0.2) is 24.4 Å². The lowest BCUT2D eigenvalue weighted by atomic mass is 10.3. The Bertz CT molecular complexity index is 493. The Morgan fingerprint density at radius 2 is 2.24 bits per heavy atom. The van der Waals surface area contributed by atoms with Crippen LogP contribution in [0.2, 0.25) is 5.15 Å². The van der Waals surface area contributed by atoms with Crippen LogP contribution in [-0.2, 0) is 13.5 Å². The van der Waals surface area contributed by atoms with Crippen molar-refractivity contribution in [1.29, 1.82) is 0 Å². The number of nitrogens with zero attached hydrogens (tertiary/aromatic N) is 3. The maximum Gasteiger partial charge on any atom is 0.138 e. The number of nitrogens with one attached hydrogen (secondary N) is 1. The molecule has 0 fully saturated rings. The van der Waals surface area contributed by atoms with E-state index in [1.54, 1.807) is 6.20 Å². The second-order valence-electron chi connectivity index (χ2n) is 3.79. The Labute approximate surface area is 106 Å². The molecule has 0 saturated heterocycles. The van der Waals surface area contributed by atoms with E-state index >= 15 is 0 Å². The normalized spacial score (nSPS) is 10.8. The second-order valence-corrected chi connectivity index (χ2v) is 4.15. The summed E-state index contributed by atoms with van der Waals surface area (Å²) in [5, 5.41) is 3.73. The average Bonchev–Trinajstić information content (AvgIpc) is 2.65. The van der Waals surface area contributed by atoms with E-state index < -0.39 is 0 Å². The van der Waals surface area contributed by atoms with Crippen LogP contribution in [0.3, 0.4) is 0 Å². The largest absolute Gasteiger partial charge is 0.322 e. The molecule has 17 heavy (non-hydrogen) atoms. The molecule has 0 spiro atoms. The van der Waals surface area contributed by atoms with Crippen LogP contribution in [0.5, 0.6) is 0 Å². The summed E-state index contributed by atoms with van der Waals surface area (Å²) in [6, 6.07) is 5.72. The van der Waals surface area contributed by atoms with E-state index in [1.165, 1.54) is 0 Å². The van der Waals surface area contributed by atoms with E-state index in [0.29, 0.717) is 5.15 Å². The lowest BCUT2D eigenvalue weighted by Gasteiger charge is -2.00. The van der Waals surface area contributed by atoms with E-state index in [1.807, 2.05) is 36.9 Å². The standard InChI is InChI=1S/C12H15ClN4/c1-14-8-6-10-16-11(12(13)17(10)2)9-5-3-4-7-15-9/h3-5,7,14H,6,8H2,1-2H3. The van der Waals surface area contributed by atoms with Gasteiger partial charge in [0.1, 0.15) is 16.7 Å². The molecule has 0 aliphatic carbocycles. The van der Waals surface area contributed by atoms with E-state index in [0.717, 1.165) is 30.2 Å². The molecule has 0 bridgehead atoms. The fraction of sp³-hybridized carbons (Fsp3) is 0.333. The molecule has 0 unspecified atom stereocenters. The maximum absolute atomic E-state index is 6.27. The van der Waals surface area contributed by atoms with Crippen molar-refractivity contribution < 1.29 is 0 Å². The summed E-state index contributed by atoms with van der Waals surface area (Å²) >= 11 is 6.27. The zero-order valence-corrected chi connectivity index (χ0v) is 10.7. The zero-order chi connectivity index (χ0) is 12.3. The first-order valence-electron chi connectivity index (χ1n) is 5.51. The van der Waals surface area contributed by atoms with E-state index in [-0.39, 0.29) is 0 Å². The monoisotopic (exact) mass is 250 g/mol. The van der Waals surface area contributed by atoms with Gasteiger partial charge in [-0.05, 0) is 19.2 Å². The van der Waals surface area contributed by atoms with Gasteiger partial charge in [-0.25, -0.2) is 4.98 Å². The summed E-state index contributed by atoms with van der Waals surface area (Å²) in [6.45, 7) is 0.878. The van der Waals surface area contributed by atoms with Crippen molar-refractivity contribution in [1.82, 2.24) is 19.9 Å². The lowest BCUT2D eigenvalue weighted by Crippen LogP contribution is -2.13. The minimum absolute atomic E-state index is 0.634. The van der Waals surface area contributed by atoms with E-state index in [9.17, 15) is 0 Å². The number of imidazole rings is 1. The van der Waals surface area contributed by atoms with Gasteiger partial charge in [0.2, 0.25) is 0 Å². The molecule has 2 aromatic rings. The number of aromatic nitrogens is 3. The third-order valence-corrected chi connectivity index (χ3v) is 3.06. The number of pyridine rings is 1. The molecular weight excluding hydrogens is 236 g/mol. The molecule has 0 aliphatic heterocycles. The molecule has 90 valence electrons. The quantitative estimate of drug-likeness (QED) is 0.901. The molecule has 4 nitrogen and oxygen atoms in total. The second kappa shape index (κ2) is 5.29. The number of halogens is 1. The molecule has 0 radical (unpaired) electrons. The topological polar surface area (TPSA) is 42.7 Å². The molecule has 0 atom stereocenters. The van der Waals surface area contributed by atoms with Crippen molar-refractivity contribution in [3.63, 3.8) is 0 Å². The predicted molar refractivity (Wildman–Crippen MR) is 69.1 cm³/mol. The van der Waals surface area contributed by atoms with Crippen LogP contribution >= 0.6 is 11.6 Å². The van der Waals surface area contributed by atoms with Gasteiger partial charge in [0, 0.05) is 26.2 Å². The Hall–Kier alpha value is -1.39. The molecule has 2 heterocycles. The number of likely N-dealkylation sites (N-methyl/N-ethyl adjacent to an activating group) is 1. The smallest absolute Gasteiger partial charge is 0.138 e. The van der Waals surface area contributed by atoms with Crippen LogP contribution in [0, 0.1) is 0 Å². The van der Waals surface area contributed by atoms with Crippen molar-refractivity contribution in [3.8, 4) is 11.4 Å². The third-order valence-electron chi connectivity index (χ3n) is 2.62. The van der Waals surface area contributed by atoms with Crippen molar-refractivity contribution in [2.75, 3.05) is 13.6 Å². The maximum atomic E-state index is 6.27. The van der Waals surface area contributed by atoms with Crippen LogP contribution in [0.1, 0.15) is 5.82 Å². The third kappa shape index (κ3) is 2.48. The number of hydrogen-bond donors (Lipinski definition) is 1. The Morgan fingerprint density at radius 3 is 2.88 bits per heavy atom. The molecule has 0 aromatic carbocycles.